The highest BCUT2D eigenvalue weighted by Crippen LogP contribution is 2.48. The third-order valence-corrected chi connectivity index (χ3v) is 10.3. The van der Waals surface area contributed by atoms with Crippen LogP contribution in [0.1, 0.15) is 78.9 Å². The second kappa shape index (κ2) is 15.7. The van der Waals surface area contributed by atoms with Crippen LogP contribution in [-0.4, -0.2) is 84.7 Å². The van der Waals surface area contributed by atoms with Crippen molar-refractivity contribution in [3.63, 3.8) is 0 Å². The molecule has 0 bridgehead atoms. The highest BCUT2D eigenvalue weighted by Gasteiger charge is 2.50. The van der Waals surface area contributed by atoms with Gasteiger partial charge in [0.1, 0.15) is 12.2 Å². The number of nitrogens with zero attached hydrogens (tertiary/aromatic N) is 6. The number of halogens is 5. The van der Waals surface area contributed by atoms with Gasteiger partial charge in [-0.15, -0.1) is 5.10 Å². The number of carbonyl (C=O) groups excluding carboxylic acids is 2. The van der Waals surface area contributed by atoms with E-state index < -0.39 is 29.0 Å². The third kappa shape index (κ3) is 7.28. The Bertz CT molecular complexity index is 2110. The summed E-state index contributed by atoms with van der Waals surface area (Å²) in [6.45, 7) is 8.68. The number of H-pyrrole nitrogens is 1. The van der Waals surface area contributed by atoms with Crippen molar-refractivity contribution in [2.24, 2.45) is 5.92 Å². The summed E-state index contributed by atoms with van der Waals surface area (Å²) in [7, 11) is 0.500. The molecule has 3 aromatic heterocycles. The van der Waals surface area contributed by atoms with E-state index in [0.29, 0.717) is 81.9 Å². The van der Waals surface area contributed by atoms with Crippen LogP contribution in [0.15, 0.2) is 29.1 Å². The number of hydrogen-bond acceptors (Lipinski definition) is 8. The fourth-order valence-corrected chi connectivity index (χ4v) is 7.55. The number of aromatic amines is 1. The molecule has 0 saturated carbocycles. The molecule has 7 rings (SSSR count). The van der Waals surface area contributed by atoms with Crippen LogP contribution in [0.5, 0.6) is 5.75 Å². The lowest BCUT2D eigenvalue weighted by Gasteiger charge is -2.44. The summed E-state index contributed by atoms with van der Waals surface area (Å²) in [5.41, 5.74) is 0.278. The summed E-state index contributed by atoms with van der Waals surface area (Å²) < 4.78 is 57.4. The average Bonchev–Trinajstić information content (AvgIpc) is 3.86. The van der Waals surface area contributed by atoms with Crippen LogP contribution in [0.2, 0.25) is 5.02 Å². The van der Waals surface area contributed by atoms with Gasteiger partial charge in [0.05, 0.1) is 36.7 Å². The van der Waals surface area contributed by atoms with Crippen LogP contribution >= 0.6 is 11.6 Å². The molecule has 0 radical (unpaired) electrons. The summed E-state index contributed by atoms with van der Waals surface area (Å²) in [5.74, 6) is -0.893. The fraction of sp³-hybridized carbons (Fsp3) is 0.486. The standard InChI is InChI=1S/C32H32ClF3N8O5.C2H6.CH3F/c1-16-14-42(29(48)25-26(46)17(2)39-40-25)10-9-31(16)8-5-22-24(31)28(47)44-30(38-27(41-44)18-6-11-49-12-7-18)43(22)15-23(45)37-21-4-3-19(13-20(21)33)32(34,35)36;2*1-2/h3-4,6,13,16,46H,5,7-12,14-15H2,1-2H3,(H,37,45)(H,39,40);1-2H3;1H3. The predicted octanol–water partition coefficient (Wildman–Crippen LogP) is 5.72. The van der Waals surface area contributed by atoms with Crippen molar-refractivity contribution in [3.05, 3.63) is 73.7 Å². The number of carbonyl (C=O) groups is 2. The summed E-state index contributed by atoms with van der Waals surface area (Å²) in [5, 5.41) is 23.8. The first-order chi connectivity index (χ1) is 25.3. The van der Waals surface area contributed by atoms with Gasteiger partial charge in [-0.05, 0) is 62.3 Å². The van der Waals surface area contributed by atoms with Crippen molar-refractivity contribution in [3.8, 4) is 5.75 Å². The molecule has 2 unspecified atom stereocenters. The van der Waals surface area contributed by atoms with Gasteiger partial charge in [-0.2, -0.15) is 27.8 Å². The number of benzene rings is 1. The molecule has 5 heterocycles. The van der Waals surface area contributed by atoms with E-state index in [2.05, 4.69) is 20.6 Å². The van der Waals surface area contributed by atoms with Crippen LogP contribution in [0.25, 0.3) is 11.4 Å². The Kier molecular flexibility index (Phi) is 11.7. The second-order valence-corrected chi connectivity index (χ2v) is 13.2. The summed E-state index contributed by atoms with van der Waals surface area (Å²) in [4.78, 5) is 47.5. The highest BCUT2D eigenvalue weighted by atomic mass is 35.5. The fourth-order valence-electron chi connectivity index (χ4n) is 7.32. The topological polar surface area (TPSA) is 160 Å². The number of nitrogens with one attached hydrogen (secondary N) is 2. The molecule has 2 aliphatic heterocycles. The number of hydrogen-bond donors (Lipinski definition) is 3. The molecular weight excluding hydrogens is 724 g/mol. The maximum Gasteiger partial charge on any atom is 0.416 e. The first kappa shape index (κ1) is 39.4. The van der Waals surface area contributed by atoms with E-state index in [1.807, 2.05) is 26.8 Å². The lowest BCUT2D eigenvalue weighted by Crippen LogP contribution is -2.52. The number of anilines is 1. The number of ether oxygens (including phenoxy) is 1. The van der Waals surface area contributed by atoms with Gasteiger partial charge < -0.3 is 24.6 Å². The van der Waals surface area contributed by atoms with Crippen LogP contribution in [-0.2, 0) is 34.1 Å². The Morgan fingerprint density at radius 3 is 2.53 bits per heavy atom. The minimum Gasteiger partial charge on any atom is -0.504 e. The van der Waals surface area contributed by atoms with Crippen molar-refractivity contribution < 1.29 is 37.0 Å². The smallest absolute Gasteiger partial charge is 0.416 e. The molecule has 18 heteroatoms. The predicted molar refractivity (Wildman–Crippen MR) is 189 cm³/mol. The van der Waals surface area contributed by atoms with E-state index in [9.17, 15) is 37.1 Å². The largest absolute Gasteiger partial charge is 0.504 e. The highest BCUT2D eigenvalue weighted by molar-refractivity contribution is 6.33. The number of rotatable bonds is 5. The van der Waals surface area contributed by atoms with E-state index in [1.165, 1.54) is 4.52 Å². The molecule has 1 spiro atoms. The first-order valence-corrected chi connectivity index (χ1v) is 17.5. The van der Waals surface area contributed by atoms with Crippen LogP contribution in [0, 0.1) is 12.8 Å². The summed E-state index contributed by atoms with van der Waals surface area (Å²) >= 11 is 6.12. The minimum absolute atomic E-state index is 0.00326. The van der Waals surface area contributed by atoms with E-state index in [4.69, 9.17) is 21.3 Å². The van der Waals surface area contributed by atoms with Gasteiger partial charge in [-0.1, -0.05) is 38.4 Å². The van der Waals surface area contributed by atoms with Crippen molar-refractivity contribution in [2.45, 2.75) is 71.5 Å². The van der Waals surface area contributed by atoms with Crippen molar-refractivity contribution >= 4 is 40.5 Å². The van der Waals surface area contributed by atoms with Gasteiger partial charge >= 0.3 is 6.18 Å². The number of alkyl halides is 4. The summed E-state index contributed by atoms with van der Waals surface area (Å²) in [6, 6.07) is 2.67. The summed E-state index contributed by atoms with van der Waals surface area (Å²) in [6.07, 6.45) is -0.769. The molecule has 2 amide bonds. The van der Waals surface area contributed by atoms with Gasteiger partial charge in [-0.25, -0.2) is 0 Å². The Morgan fingerprint density at radius 2 is 1.92 bits per heavy atom. The number of fused-ring (bicyclic) bond motifs is 3. The second-order valence-electron chi connectivity index (χ2n) is 12.7. The van der Waals surface area contributed by atoms with Gasteiger partial charge in [0, 0.05) is 29.8 Å². The maximum absolute atomic E-state index is 14.4. The zero-order chi connectivity index (χ0) is 38.8. The molecule has 1 aliphatic carbocycles. The lowest BCUT2D eigenvalue weighted by molar-refractivity contribution is -0.137. The van der Waals surface area contributed by atoms with E-state index >= 15 is 0 Å². The number of aromatic hydroxyl groups is 1. The maximum atomic E-state index is 14.4. The number of aromatic nitrogens is 6. The van der Waals surface area contributed by atoms with Gasteiger partial charge in [0.2, 0.25) is 11.7 Å². The molecule has 3 aliphatic rings. The molecule has 2 atom stereocenters. The third-order valence-electron chi connectivity index (χ3n) is 9.96. The van der Waals surface area contributed by atoms with Crippen LogP contribution in [0.4, 0.5) is 23.2 Å². The lowest BCUT2D eigenvalue weighted by atomic mass is 9.67. The molecule has 3 N–H and O–H groups in total. The Morgan fingerprint density at radius 1 is 1.19 bits per heavy atom. The monoisotopic (exact) mass is 764 g/mol. The van der Waals surface area contributed by atoms with Crippen molar-refractivity contribution in [1.82, 2.24) is 34.3 Å². The zero-order valence-corrected chi connectivity index (χ0v) is 30.7. The van der Waals surface area contributed by atoms with Gasteiger partial charge in [-0.3, -0.25) is 23.9 Å². The number of likely N-dealkylation sites (tertiary alicyclic amines) is 1. The quantitative estimate of drug-likeness (QED) is 0.218. The number of piperidine rings is 1. The molecule has 13 nitrogen and oxygen atoms in total. The average molecular weight is 765 g/mol. The van der Waals surface area contributed by atoms with Gasteiger partial charge in [0.15, 0.2) is 17.3 Å². The zero-order valence-electron chi connectivity index (χ0n) is 29.9. The van der Waals surface area contributed by atoms with E-state index in [0.717, 1.165) is 23.8 Å². The number of amides is 2. The normalized spacial score (nSPS) is 19.5. The Balaban J connectivity index is 0.00000131. The Labute approximate surface area is 307 Å². The molecule has 53 heavy (non-hydrogen) atoms. The molecule has 1 aromatic carbocycles. The van der Waals surface area contributed by atoms with Crippen molar-refractivity contribution in [2.75, 3.05) is 38.8 Å². The molecular formula is C35H41ClF4N8O5. The van der Waals surface area contributed by atoms with E-state index in [-0.39, 0.29) is 46.0 Å². The Hall–Kier alpha value is -4.77. The minimum atomic E-state index is -4.60. The molecule has 1 fully saturated rings. The van der Waals surface area contributed by atoms with Crippen molar-refractivity contribution in [1.29, 1.82) is 0 Å². The van der Waals surface area contributed by atoms with Crippen LogP contribution in [0.3, 0.4) is 0 Å². The SMILES string of the molecule is CC.CF.Cc1n[nH]c(C(=O)N2CCC3(CCc4c3c(=O)n3nc(C5=CCOCC5)nc3n4CC(=O)Nc3ccc(C(F)(F)F)cc3Cl)C(C)C2)c1O. The molecule has 286 valence electrons. The first-order valence-electron chi connectivity index (χ1n) is 17.2. The number of aryl methyl sites for hydroxylation is 1. The van der Waals surface area contributed by atoms with Crippen LogP contribution < -0.4 is 10.9 Å². The molecule has 1 saturated heterocycles. The van der Waals surface area contributed by atoms with Gasteiger partial charge in [0.25, 0.3) is 11.5 Å². The molecule has 4 aromatic rings. The van der Waals surface area contributed by atoms with E-state index in [1.54, 1.807) is 16.4 Å².